The molecule has 0 aliphatic rings. The molecule has 0 fully saturated rings. The number of carbonyl (C=O) groups is 3. The summed E-state index contributed by atoms with van der Waals surface area (Å²) in [5.74, 6) is -0.721. The van der Waals surface area contributed by atoms with Crippen LogP contribution >= 0.6 is 11.3 Å². The first-order valence-corrected chi connectivity index (χ1v) is 10.7. The van der Waals surface area contributed by atoms with Crippen molar-refractivity contribution in [1.82, 2.24) is 0 Å². The van der Waals surface area contributed by atoms with Crippen molar-refractivity contribution >= 4 is 34.1 Å². The van der Waals surface area contributed by atoms with E-state index in [9.17, 15) is 14.4 Å². The molecule has 0 saturated heterocycles. The third-order valence-corrected chi connectivity index (χ3v) is 5.76. The highest BCUT2D eigenvalue weighted by molar-refractivity contribution is 7.18. The van der Waals surface area contributed by atoms with Crippen molar-refractivity contribution in [2.24, 2.45) is 5.73 Å². The molecular weight excluding hydrogens is 432 g/mol. The van der Waals surface area contributed by atoms with E-state index >= 15 is 0 Å². The summed E-state index contributed by atoms with van der Waals surface area (Å²) >= 11 is 0.915. The molecule has 2 aromatic heterocycles. The molecule has 32 heavy (non-hydrogen) atoms. The minimum absolute atomic E-state index is 0.0329. The maximum Gasteiger partial charge on any atom is 0.341 e. The van der Waals surface area contributed by atoms with Crippen molar-refractivity contribution in [3.05, 3.63) is 69.0 Å². The second-order valence-electron chi connectivity index (χ2n) is 7.18. The Balaban J connectivity index is 1.75. The van der Waals surface area contributed by atoms with E-state index in [1.54, 1.807) is 19.9 Å². The monoisotopic (exact) mass is 456 g/mol. The first kappa shape index (κ1) is 23.1. The van der Waals surface area contributed by atoms with Gasteiger partial charge < -0.3 is 24.9 Å². The average molecular weight is 457 g/mol. The van der Waals surface area contributed by atoms with Crippen LogP contribution in [0.3, 0.4) is 0 Å². The Hall–Kier alpha value is -3.59. The van der Waals surface area contributed by atoms with Gasteiger partial charge in [-0.1, -0.05) is 6.07 Å². The first-order valence-electron chi connectivity index (χ1n) is 9.91. The number of carbonyl (C=O) groups excluding carboxylic acids is 3. The summed E-state index contributed by atoms with van der Waals surface area (Å²) in [4.78, 5) is 36.9. The molecule has 3 aromatic rings. The van der Waals surface area contributed by atoms with Crippen LogP contribution in [0, 0.1) is 20.8 Å². The van der Waals surface area contributed by atoms with Crippen molar-refractivity contribution < 1.29 is 28.3 Å². The van der Waals surface area contributed by atoms with Gasteiger partial charge in [-0.3, -0.25) is 9.59 Å². The zero-order valence-electron chi connectivity index (χ0n) is 18.2. The van der Waals surface area contributed by atoms with Crippen LogP contribution in [0.25, 0.3) is 0 Å². The van der Waals surface area contributed by atoms with Crippen LogP contribution in [0.4, 0.5) is 5.00 Å². The van der Waals surface area contributed by atoms with Crippen molar-refractivity contribution in [1.29, 1.82) is 0 Å². The van der Waals surface area contributed by atoms with Crippen LogP contribution in [0.5, 0.6) is 5.75 Å². The average Bonchev–Trinajstić information content (AvgIpc) is 3.30. The molecule has 0 atom stereocenters. The third-order valence-electron chi connectivity index (χ3n) is 4.54. The van der Waals surface area contributed by atoms with Crippen LogP contribution in [0.1, 0.15) is 60.0 Å². The molecule has 168 valence electrons. The topological polar surface area (TPSA) is 121 Å². The van der Waals surface area contributed by atoms with E-state index in [1.807, 2.05) is 32.0 Å². The number of thiophene rings is 1. The molecule has 0 aliphatic heterocycles. The Morgan fingerprint density at radius 1 is 1.09 bits per heavy atom. The molecule has 0 aliphatic carbocycles. The summed E-state index contributed by atoms with van der Waals surface area (Å²) in [6.07, 6.45) is 0. The molecule has 0 bridgehead atoms. The molecule has 3 rings (SSSR count). The van der Waals surface area contributed by atoms with Gasteiger partial charge in [0.1, 0.15) is 23.1 Å². The maximum atomic E-state index is 12.7. The molecule has 8 nitrogen and oxygen atoms in total. The Morgan fingerprint density at radius 2 is 1.78 bits per heavy atom. The molecule has 2 heterocycles. The van der Waals surface area contributed by atoms with Crippen molar-refractivity contribution in [2.45, 2.75) is 34.3 Å². The largest absolute Gasteiger partial charge is 0.486 e. The predicted molar refractivity (Wildman–Crippen MR) is 120 cm³/mol. The van der Waals surface area contributed by atoms with Gasteiger partial charge in [-0.2, -0.15) is 0 Å². The van der Waals surface area contributed by atoms with Gasteiger partial charge in [-0.25, -0.2) is 4.79 Å². The minimum atomic E-state index is -0.692. The van der Waals surface area contributed by atoms with Gasteiger partial charge in [0.15, 0.2) is 5.76 Å². The van der Waals surface area contributed by atoms with Gasteiger partial charge in [0.2, 0.25) is 0 Å². The highest BCUT2D eigenvalue weighted by Gasteiger charge is 2.26. The Morgan fingerprint density at radius 3 is 2.41 bits per heavy atom. The van der Waals surface area contributed by atoms with E-state index in [0.717, 1.165) is 22.5 Å². The van der Waals surface area contributed by atoms with E-state index in [-0.39, 0.29) is 34.4 Å². The van der Waals surface area contributed by atoms with Gasteiger partial charge >= 0.3 is 5.97 Å². The second-order valence-corrected chi connectivity index (χ2v) is 8.20. The molecule has 9 heteroatoms. The highest BCUT2D eigenvalue weighted by atomic mass is 32.1. The van der Waals surface area contributed by atoms with Crippen LogP contribution in [-0.2, 0) is 11.3 Å². The summed E-state index contributed by atoms with van der Waals surface area (Å²) in [7, 11) is 0. The summed E-state index contributed by atoms with van der Waals surface area (Å²) in [5.41, 5.74) is 8.01. The molecular formula is C23H24N2O6S. The number of hydrogen-bond donors (Lipinski definition) is 2. The molecule has 0 saturated carbocycles. The minimum Gasteiger partial charge on any atom is -0.486 e. The number of amides is 2. The Kier molecular flexibility index (Phi) is 6.99. The molecule has 2 amide bonds. The first-order chi connectivity index (χ1) is 15.2. The van der Waals surface area contributed by atoms with Crippen molar-refractivity contribution in [2.75, 3.05) is 11.9 Å². The van der Waals surface area contributed by atoms with E-state index in [0.29, 0.717) is 17.1 Å². The van der Waals surface area contributed by atoms with Gasteiger partial charge in [0.25, 0.3) is 11.8 Å². The molecule has 0 radical (unpaired) electrons. The fourth-order valence-corrected chi connectivity index (χ4v) is 4.24. The van der Waals surface area contributed by atoms with E-state index in [1.165, 1.54) is 6.07 Å². The SMILES string of the molecule is CCOC(=O)c1c(NC(=O)c2ccc(COc3cc(C)cc(C)c3)o2)sc(C(N)=O)c1C. The number of benzene rings is 1. The quantitative estimate of drug-likeness (QED) is 0.486. The predicted octanol–water partition coefficient (Wildman–Crippen LogP) is 4.37. The lowest BCUT2D eigenvalue weighted by molar-refractivity contribution is 0.0527. The lowest BCUT2D eigenvalue weighted by Crippen LogP contribution is -2.14. The number of aryl methyl sites for hydroxylation is 2. The number of esters is 1. The van der Waals surface area contributed by atoms with E-state index < -0.39 is 17.8 Å². The smallest absolute Gasteiger partial charge is 0.341 e. The lowest BCUT2D eigenvalue weighted by Gasteiger charge is -2.07. The Labute approximate surface area is 189 Å². The number of ether oxygens (including phenoxy) is 2. The number of nitrogens with one attached hydrogen (secondary N) is 1. The van der Waals surface area contributed by atoms with Gasteiger partial charge in [0, 0.05) is 0 Å². The number of rotatable bonds is 8. The van der Waals surface area contributed by atoms with Crippen LogP contribution in [0.2, 0.25) is 0 Å². The van der Waals surface area contributed by atoms with Crippen molar-refractivity contribution in [3.63, 3.8) is 0 Å². The number of primary amides is 1. The number of hydrogen-bond acceptors (Lipinski definition) is 7. The fraction of sp³-hybridized carbons (Fsp3) is 0.261. The Bertz CT molecular complexity index is 1160. The van der Waals surface area contributed by atoms with E-state index in [4.69, 9.17) is 19.6 Å². The zero-order chi connectivity index (χ0) is 23.4. The summed E-state index contributed by atoms with van der Waals surface area (Å²) in [6, 6.07) is 9.02. The molecule has 0 spiro atoms. The summed E-state index contributed by atoms with van der Waals surface area (Å²) < 4.78 is 16.4. The van der Waals surface area contributed by atoms with Crippen molar-refractivity contribution in [3.8, 4) is 5.75 Å². The lowest BCUT2D eigenvalue weighted by atomic mass is 10.1. The fourth-order valence-electron chi connectivity index (χ4n) is 3.20. The molecule has 0 unspecified atom stereocenters. The summed E-state index contributed by atoms with van der Waals surface area (Å²) in [5, 5.41) is 2.79. The molecule has 3 N–H and O–H groups in total. The normalized spacial score (nSPS) is 10.6. The molecule has 1 aromatic carbocycles. The standard InChI is InChI=1S/C23H24N2O6S/c1-5-29-23(28)18-14(4)19(20(24)26)32-22(18)25-21(27)17-7-6-15(31-17)11-30-16-9-12(2)8-13(3)10-16/h6-10H,5,11H2,1-4H3,(H2,24,26)(H,25,27). The maximum absolute atomic E-state index is 12.7. The summed E-state index contributed by atoms with van der Waals surface area (Å²) in [6.45, 7) is 7.50. The number of anilines is 1. The van der Waals surface area contributed by atoms with Crippen LogP contribution in [-0.4, -0.2) is 24.4 Å². The number of nitrogens with two attached hydrogens (primary N) is 1. The second kappa shape index (κ2) is 9.69. The van der Waals surface area contributed by atoms with Crippen LogP contribution in [0.15, 0.2) is 34.7 Å². The van der Waals surface area contributed by atoms with Crippen LogP contribution < -0.4 is 15.8 Å². The van der Waals surface area contributed by atoms with Gasteiger partial charge in [-0.05, 0) is 68.7 Å². The third kappa shape index (κ3) is 5.17. The zero-order valence-corrected chi connectivity index (χ0v) is 19.1. The van der Waals surface area contributed by atoms with E-state index in [2.05, 4.69) is 5.32 Å². The highest BCUT2D eigenvalue weighted by Crippen LogP contribution is 2.34. The van der Waals surface area contributed by atoms with Gasteiger partial charge in [0.05, 0.1) is 17.0 Å². The van der Waals surface area contributed by atoms with Gasteiger partial charge in [-0.15, -0.1) is 11.3 Å². The number of furan rings is 1.